The van der Waals surface area contributed by atoms with E-state index in [-0.39, 0.29) is 11.3 Å². The Kier molecular flexibility index (Phi) is 4.49. The maximum Gasteiger partial charge on any atom is 0.162 e. The quantitative estimate of drug-likeness (QED) is 0.659. The Hall–Kier alpha value is -1.65. The fourth-order valence-corrected chi connectivity index (χ4v) is 3.27. The van der Waals surface area contributed by atoms with Gasteiger partial charge in [0.1, 0.15) is 5.84 Å². The number of piperidine rings is 1. The van der Waals surface area contributed by atoms with Crippen molar-refractivity contribution in [3.63, 3.8) is 0 Å². The average Bonchev–Trinajstić information content (AvgIpc) is 2.44. The number of nitrogens with zero attached hydrogens (tertiary/aromatic N) is 3. The van der Waals surface area contributed by atoms with E-state index in [1.165, 1.54) is 6.42 Å². The van der Waals surface area contributed by atoms with Gasteiger partial charge in [-0.25, -0.2) is 0 Å². The molecular weight excluding hydrogens is 262 g/mol. The van der Waals surface area contributed by atoms with Crippen LogP contribution in [-0.4, -0.2) is 29.1 Å². The van der Waals surface area contributed by atoms with Crippen molar-refractivity contribution in [2.24, 2.45) is 11.1 Å². The molecule has 0 radical (unpaired) electrons. The van der Waals surface area contributed by atoms with Gasteiger partial charge in [0.2, 0.25) is 0 Å². The first-order valence-corrected chi connectivity index (χ1v) is 7.87. The van der Waals surface area contributed by atoms with Crippen LogP contribution in [0.5, 0.6) is 0 Å². The highest BCUT2D eigenvalue weighted by Crippen LogP contribution is 2.33. The summed E-state index contributed by atoms with van der Waals surface area (Å²) in [5, 5.41) is 16.8. The first-order chi connectivity index (χ1) is 9.89. The van der Waals surface area contributed by atoms with E-state index in [1.54, 1.807) is 0 Å². The fourth-order valence-electron chi connectivity index (χ4n) is 3.27. The SMILES string of the molecule is CCc1nnc(N2CCCC(C)(C)C2)c(C(=N)N)c1CC. The average molecular weight is 289 g/mol. The Morgan fingerprint density at radius 3 is 2.52 bits per heavy atom. The van der Waals surface area contributed by atoms with Crippen LogP contribution in [-0.2, 0) is 12.8 Å². The number of nitrogen functional groups attached to an aromatic ring is 1. The normalized spacial score (nSPS) is 17.8. The fraction of sp³-hybridized carbons (Fsp3) is 0.688. The number of anilines is 1. The number of nitrogens with one attached hydrogen (secondary N) is 1. The summed E-state index contributed by atoms with van der Waals surface area (Å²) in [5.74, 6) is 0.902. The van der Waals surface area contributed by atoms with E-state index < -0.39 is 0 Å². The molecule has 0 bridgehead atoms. The molecule has 0 aromatic carbocycles. The molecule has 0 unspecified atom stereocenters. The Labute approximate surface area is 127 Å². The molecule has 0 atom stereocenters. The zero-order valence-corrected chi connectivity index (χ0v) is 13.7. The lowest BCUT2D eigenvalue weighted by Crippen LogP contribution is -2.42. The van der Waals surface area contributed by atoms with Gasteiger partial charge in [-0.1, -0.05) is 27.7 Å². The molecule has 1 aliphatic heterocycles. The van der Waals surface area contributed by atoms with Gasteiger partial charge in [0.25, 0.3) is 0 Å². The molecule has 1 saturated heterocycles. The molecule has 0 spiro atoms. The van der Waals surface area contributed by atoms with Crippen LogP contribution in [0.1, 0.15) is 57.4 Å². The summed E-state index contributed by atoms with van der Waals surface area (Å²) < 4.78 is 0. The molecule has 5 nitrogen and oxygen atoms in total. The lowest BCUT2D eigenvalue weighted by molar-refractivity contribution is 0.291. The number of amidine groups is 1. The first kappa shape index (κ1) is 15.7. The van der Waals surface area contributed by atoms with Gasteiger partial charge in [-0.2, -0.15) is 5.10 Å². The second kappa shape index (κ2) is 6.00. The van der Waals surface area contributed by atoms with Crippen LogP contribution in [0.4, 0.5) is 5.82 Å². The minimum Gasteiger partial charge on any atom is -0.384 e. The monoisotopic (exact) mass is 289 g/mol. The van der Waals surface area contributed by atoms with Gasteiger partial charge in [-0.05, 0) is 36.7 Å². The molecule has 0 saturated carbocycles. The first-order valence-electron chi connectivity index (χ1n) is 7.87. The van der Waals surface area contributed by atoms with E-state index >= 15 is 0 Å². The van der Waals surface area contributed by atoms with Crippen LogP contribution in [0.3, 0.4) is 0 Å². The molecule has 1 fully saturated rings. The van der Waals surface area contributed by atoms with Crippen molar-refractivity contribution in [3.05, 3.63) is 16.8 Å². The van der Waals surface area contributed by atoms with Gasteiger partial charge in [0.15, 0.2) is 5.82 Å². The smallest absolute Gasteiger partial charge is 0.162 e. The van der Waals surface area contributed by atoms with Crippen LogP contribution in [0.2, 0.25) is 0 Å². The Morgan fingerprint density at radius 2 is 2.00 bits per heavy atom. The predicted octanol–water partition coefficient (Wildman–Crippen LogP) is 2.51. The Balaban J connectivity index is 2.50. The number of nitrogens with two attached hydrogens (primary N) is 1. The van der Waals surface area contributed by atoms with E-state index in [0.717, 1.165) is 55.0 Å². The standard InChI is InChI=1S/C16H27N5/c1-5-11-12(6-2)19-20-15(13(11)14(17)18)21-9-7-8-16(3,4)10-21/h5-10H2,1-4H3,(H3,17,18). The van der Waals surface area contributed by atoms with Crippen LogP contribution < -0.4 is 10.6 Å². The van der Waals surface area contributed by atoms with E-state index in [4.69, 9.17) is 11.1 Å². The molecule has 0 amide bonds. The summed E-state index contributed by atoms with van der Waals surface area (Å²) >= 11 is 0. The van der Waals surface area contributed by atoms with Crippen molar-refractivity contribution in [1.82, 2.24) is 10.2 Å². The van der Waals surface area contributed by atoms with Gasteiger partial charge >= 0.3 is 0 Å². The minimum atomic E-state index is 0.106. The van der Waals surface area contributed by atoms with Crippen molar-refractivity contribution in [3.8, 4) is 0 Å². The number of aryl methyl sites for hydroxylation is 1. The second-order valence-electron chi connectivity index (χ2n) is 6.63. The van der Waals surface area contributed by atoms with E-state index in [0.29, 0.717) is 0 Å². The Morgan fingerprint density at radius 1 is 1.29 bits per heavy atom. The summed E-state index contributed by atoms with van der Waals surface area (Å²) in [4.78, 5) is 2.26. The summed E-state index contributed by atoms with van der Waals surface area (Å²) in [6.07, 6.45) is 4.02. The van der Waals surface area contributed by atoms with E-state index in [2.05, 4.69) is 42.8 Å². The predicted molar refractivity (Wildman–Crippen MR) is 87.0 cm³/mol. The molecular formula is C16H27N5. The lowest BCUT2D eigenvalue weighted by Gasteiger charge is -2.39. The maximum absolute atomic E-state index is 7.99. The van der Waals surface area contributed by atoms with Crippen molar-refractivity contribution < 1.29 is 0 Å². The maximum atomic E-state index is 7.99. The lowest BCUT2D eigenvalue weighted by atomic mass is 9.84. The van der Waals surface area contributed by atoms with Crippen molar-refractivity contribution in [1.29, 1.82) is 5.41 Å². The molecule has 1 aromatic rings. The molecule has 2 rings (SSSR count). The second-order valence-corrected chi connectivity index (χ2v) is 6.63. The third-order valence-corrected chi connectivity index (χ3v) is 4.30. The topological polar surface area (TPSA) is 78.9 Å². The van der Waals surface area contributed by atoms with Gasteiger partial charge in [-0.3, -0.25) is 5.41 Å². The summed E-state index contributed by atoms with van der Waals surface area (Å²) in [5.41, 5.74) is 8.98. The molecule has 3 N–H and O–H groups in total. The van der Waals surface area contributed by atoms with Crippen LogP contribution >= 0.6 is 0 Å². The highest BCUT2D eigenvalue weighted by Gasteiger charge is 2.30. The highest BCUT2D eigenvalue weighted by atomic mass is 15.3. The van der Waals surface area contributed by atoms with Crippen LogP contribution in [0, 0.1) is 10.8 Å². The van der Waals surface area contributed by atoms with Crippen molar-refractivity contribution >= 4 is 11.7 Å². The molecule has 1 aliphatic rings. The molecule has 2 heterocycles. The number of hydrogen-bond acceptors (Lipinski definition) is 4. The van der Waals surface area contributed by atoms with Crippen LogP contribution in [0.25, 0.3) is 0 Å². The zero-order chi connectivity index (χ0) is 15.6. The summed E-state index contributed by atoms with van der Waals surface area (Å²) in [6.45, 7) is 10.6. The van der Waals surface area contributed by atoms with Crippen molar-refractivity contribution in [2.45, 2.75) is 53.4 Å². The van der Waals surface area contributed by atoms with E-state index in [9.17, 15) is 0 Å². The zero-order valence-electron chi connectivity index (χ0n) is 13.7. The van der Waals surface area contributed by atoms with Crippen LogP contribution in [0.15, 0.2) is 0 Å². The van der Waals surface area contributed by atoms with E-state index in [1.807, 2.05) is 0 Å². The van der Waals surface area contributed by atoms with Gasteiger partial charge in [0, 0.05) is 13.1 Å². The third-order valence-electron chi connectivity index (χ3n) is 4.30. The summed E-state index contributed by atoms with van der Waals surface area (Å²) in [7, 11) is 0. The molecule has 21 heavy (non-hydrogen) atoms. The largest absolute Gasteiger partial charge is 0.384 e. The Bertz CT molecular complexity index is 536. The van der Waals surface area contributed by atoms with Gasteiger partial charge in [-0.15, -0.1) is 5.10 Å². The molecule has 116 valence electrons. The van der Waals surface area contributed by atoms with Gasteiger partial charge in [0.05, 0.1) is 11.3 Å². The third kappa shape index (κ3) is 3.17. The molecule has 5 heteroatoms. The minimum absolute atomic E-state index is 0.106. The van der Waals surface area contributed by atoms with Gasteiger partial charge < -0.3 is 10.6 Å². The summed E-state index contributed by atoms with van der Waals surface area (Å²) in [6, 6.07) is 0. The number of hydrogen-bond donors (Lipinski definition) is 2. The number of rotatable bonds is 4. The number of aromatic nitrogens is 2. The molecule has 0 aliphatic carbocycles. The molecule has 1 aromatic heterocycles. The highest BCUT2D eigenvalue weighted by molar-refractivity contribution is 6.01. The van der Waals surface area contributed by atoms with Crippen molar-refractivity contribution in [2.75, 3.05) is 18.0 Å².